The van der Waals surface area contributed by atoms with Crippen LogP contribution in [0.5, 0.6) is 0 Å². The minimum absolute atomic E-state index is 0.0552. The lowest BCUT2D eigenvalue weighted by Gasteiger charge is -1.99. The molecule has 0 atom stereocenters. The van der Waals surface area contributed by atoms with Crippen LogP contribution in [-0.2, 0) is 0 Å². The van der Waals surface area contributed by atoms with Crippen LogP contribution in [0.25, 0.3) is 11.0 Å². The molecule has 3 aromatic heterocycles. The predicted octanol–water partition coefficient (Wildman–Crippen LogP) is -0.218. The van der Waals surface area contributed by atoms with Crippen molar-refractivity contribution in [2.45, 2.75) is 0 Å². The summed E-state index contributed by atoms with van der Waals surface area (Å²) in [6.45, 7) is 0. The van der Waals surface area contributed by atoms with Crippen LogP contribution < -0.4 is 11.1 Å². The van der Waals surface area contributed by atoms with Crippen LogP contribution in [0.4, 0.5) is 11.6 Å². The molecule has 0 unspecified atom stereocenters. The van der Waals surface area contributed by atoms with Crippen LogP contribution in [0.1, 0.15) is 16.2 Å². The molecule has 20 heavy (non-hydrogen) atoms. The van der Waals surface area contributed by atoms with Crippen molar-refractivity contribution >= 4 is 28.6 Å². The number of nitrogens with zero attached hydrogens (tertiary/aromatic N) is 5. The van der Waals surface area contributed by atoms with E-state index in [1.54, 1.807) is 0 Å². The number of hydrogen-bond donors (Lipinski definition) is 4. The Hall–Kier alpha value is -3.48. The number of nitrogens with one attached hydrogen (secondary N) is 3. The van der Waals surface area contributed by atoms with Crippen LogP contribution >= 0.6 is 0 Å². The minimum Gasteiger partial charge on any atom is -0.383 e. The topological polar surface area (TPSA) is 162 Å². The molecule has 0 saturated carbocycles. The zero-order chi connectivity index (χ0) is 14.1. The first-order valence-electron chi connectivity index (χ1n) is 5.40. The molecule has 1 amide bonds. The standard InChI is InChI=1S/C10H7N9O/c11-2-4-1-5(17-16-4)15-10(20)7-6-8(12)13-3-14-9(6)19-18-7/h1,3H,(H2,15,16,17,20)(H3,12,13,14,18,19). The van der Waals surface area contributed by atoms with Crippen molar-refractivity contribution in [3.63, 3.8) is 0 Å². The molecule has 0 aliphatic rings. The Balaban J connectivity index is 1.95. The Labute approximate surface area is 111 Å². The minimum atomic E-state index is -0.534. The van der Waals surface area contributed by atoms with Gasteiger partial charge >= 0.3 is 0 Å². The molecule has 3 aromatic rings. The van der Waals surface area contributed by atoms with Gasteiger partial charge in [-0.1, -0.05) is 0 Å². The molecule has 98 valence electrons. The molecular formula is C10H7N9O. The summed E-state index contributed by atoms with van der Waals surface area (Å²) in [7, 11) is 0. The molecule has 3 rings (SSSR count). The van der Waals surface area contributed by atoms with Gasteiger partial charge < -0.3 is 11.1 Å². The SMILES string of the molecule is N#Cc1cc(NC(=O)c2n[nH]c3ncnc(N)c23)n[nH]1. The van der Waals surface area contributed by atoms with E-state index < -0.39 is 5.91 Å². The van der Waals surface area contributed by atoms with E-state index in [0.29, 0.717) is 11.0 Å². The fraction of sp³-hybridized carbons (Fsp3) is 0. The molecule has 0 radical (unpaired) electrons. The lowest BCUT2D eigenvalue weighted by Crippen LogP contribution is -2.13. The largest absolute Gasteiger partial charge is 0.383 e. The van der Waals surface area contributed by atoms with Gasteiger partial charge in [0.25, 0.3) is 5.91 Å². The Kier molecular flexibility index (Phi) is 2.51. The summed E-state index contributed by atoms with van der Waals surface area (Å²) in [5, 5.41) is 24.1. The third-order valence-corrected chi connectivity index (χ3v) is 2.54. The monoisotopic (exact) mass is 269 g/mol. The Bertz CT molecular complexity index is 840. The highest BCUT2D eigenvalue weighted by atomic mass is 16.2. The number of carbonyl (C=O) groups is 1. The van der Waals surface area contributed by atoms with Crippen molar-refractivity contribution in [2.75, 3.05) is 11.1 Å². The van der Waals surface area contributed by atoms with Gasteiger partial charge in [0.2, 0.25) is 0 Å². The number of amides is 1. The molecule has 3 heterocycles. The summed E-state index contributed by atoms with van der Waals surface area (Å²) in [5.41, 5.74) is 6.35. The molecule has 0 saturated heterocycles. The molecule has 0 aliphatic heterocycles. The molecule has 0 aromatic carbocycles. The normalized spacial score (nSPS) is 10.3. The van der Waals surface area contributed by atoms with E-state index >= 15 is 0 Å². The average molecular weight is 269 g/mol. The van der Waals surface area contributed by atoms with E-state index in [2.05, 4.69) is 35.7 Å². The molecule has 10 heteroatoms. The first kappa shape index (κ1) is 11.6. The van der Waals surface area contributed by atoms with Gasteiger partial charge in [-0.3, -0.25) is 15.0 Å². The highest BCUT2D eigenvalue weighted by molar-refractivity contribution is 6.12. The molecule has 5 N–H and O–H groups in total. The van der Waals surface area contributed by atoms with E-state index in [1.165, 1.54) is 12.4 Å². The number of rotatable bonds is 2. The van der Waals surface area contributed by atoms with Crippen molar-refractivity contribution in [3.05, 3.63) is 23.8 Å². The van der Waals surface area contributed by atoms with Gasteiger partial charge in [0.05, 0.1) is 5.39 Å². The lowest BCUT2D eigenvalue weighted by atomic mass is 10.2. The number of anilines is 2. The fourth-order valence-electron chi connectivity index (χ4n) is 1.67. The number of nitrogen functional groups attached to an aromatic ring is 1. The van der Waals surface area contributed by atoms with E-state index in [0.717, 1.165) is 0 Å². The maximum absolute atomic E-state index is 12.1. The van der Waals surface area contributed by atoms with E-state index in [1.807, 2.05) is 6.07 Å². The maximum Gasteiger partial charge on any atom is 0.278 e. The molecule has 0 bridgehead atoms. The average Bonchev–Trinajstić information content (AvgIpc) is 3.05. The second-order valence-corrected chi connectivity index (χ2v) is 3.79. The van der Waals surface area contributed by atoms with Crippen molar-refractivity contribution in [1.82, 2.24) is 30.4 Å². The van der Waals surface area contributed by atoms with Crippen molar-refractivity contribution < 1.29 is 4.79 Å². The van der Waals surface area contributed by atoms with Crippen molar-refractivity contribution in [1.29, 1.82) is 5.26 Å². The van der Waals surface area contributed by atoms with Crippen molar-refractivity contribution in [2.24, 2.45) is 0 Å². The summed E-state index contributed by atoms with van der Waals surface area (Å²) < 4.78 is 0. The summed E-state index contributed by atoms with van der Waals surface area (Å²) in [6.07, 6.45) is 1.27. The molecular weight excluding hydrogens is 262 g/mol. The summed E-state index contributed by atoms with van der Waals surface area (Å²) >= 11 is 0. The summed E-state index contributed by atoms with van der Waals surface area (Å²) in [4.78, 5) is 19.8. The van der Waals surface area contributed by atoms with Gasteiger partial charge in [0, 0.05) is 6.07 Å². The number of carbonyl (C=O) groups excluding carboxylic acids is 1. The van der Waals surface area contributed by atoms with E-state index in [-0.39, 0.29) is 23.0 Å². The highest BCUT2D eigenvalue weighted by Crippen LogP contribution is 2.19. The second kappa shape index (κ2) is 4.32. The first-order chi connectivity index (χ1) is 9.69. The van der Waals surface area contributed by atoms with Gasteiger partial charge in [-0.25, -0.2) is 9.97 Å². The van der Waals surface area contributed by atoms with Gasteiger partial charge in [-0.2, -0.15) is 15.5 Å². The Morgan fingerprint density at radius 3 is 2.95 bits per heavy atom. The number of hydrogen-bond acceptors (Lipinski definition) is 7. The third kappa shape index (κ3) is 1.79. The molecule has 0 spiro atoms. The molecule has 10 nitrogen and oxygen atoms in total. The van der Waals surface area contributed by atoms with Gasteiger partial charge in [0.1, 0.15) is 23.9 Å². The van der Waals surface area contributed by atoms with Crippen LogP contribution in [0, 0.1) is 11.3 Å². The van der Waals surface area contributed by atoms with Crippen LogP contribution in [0.3, 0.4) is 0 Å². The number of aromatic nitrogens is 6. The molecule has 0 aliphatic carbocycles. The van der Waals surface area contributed by atoms with Crippen LogP contribution in [0.15, 0.2) is 12.4 Å². The van der Waals surface area contributed by atoms with Crippen molar-refractivity contribution in [3.8, 4) is 6.07 Å². The van der Waals surface area contributed by atoms with Gasteiger partial charge in [-0.15, -0.1) is 0 Å². The highest BCUT2D eigenvalue weighted by Gasteiger charge is 2.18. The maximum atomic E-state index is 12.1. The van der Waals surface area contributed by atoms with E-state index in [4.69, 9.17) is 11.0 Å². The molecule has 0 fully saturated rings. The first-order valence-corrected chi connectivity index (χ1v) is 5.40. The smallest absolute Gasteiger partial charge is 0.278 e. The lowest BCUT2D eigenvalue weighted by molar-refractivity contribution is 0.102. The number of H-pyrrole nitrogens is 2. The number of aromatic amines is 2. The number of fused-ring (bicyclic) bond motifs is 1. The summed E-state index contributed by atoms with van der Waals surface area (Å²) in [6, 6.07) is 3.26. The van der Waals surface area contributed by atoms with E-state index in [9.17, 15) is 4.79 Å². The third-order valence-electron chi connectivity index (χ3n) is 2.54. The number of nitriles is 1. The summed E-state index contributed by atoms with van der Waals surface area (Å²) in [5.74, 6) is -0.180. The fourth-order valence-corrected chi connectivity index (χ4v) is 1.67. The second-order valence-electron chi connectivity index (χ2n) is 3.79. The Morgan fingerprint density at radius 2 is 2.20 bits per heavy atom. The zero-order valence-corrected chi connectivity index (χ0v) is 9.88. The van der Waals surface area contributed by atoms with Crippen LogP contribution in [0.2, 0.25) is 0 Å². The predicted molar refractivity (Wildman–Crippen MR) is 67.4 cm³/mol. The quantitative estimate of drug-likeness (QED) is 0.499. The van der Waals surface area contributed by atoms with Gasteiger partial charge in [-0.05, 0) is 0 Å². The zero-order valence-electron chi connectivity index (χ0n) is 9.88. The Morgan fingerprint density at radius 1 is 1.35 bits per heavy atom. The van der Waals surface area contributed by atoms with Crippen LogP contribution in [-0.4, -0.2) is 36.3 Å². The van der Waals surface area contributed by atoms with Gasteiger partial charge in [0.15, 0.2) is 17.2 Å². The number of nitrogens with two attached hydrogens (primary N) is 1.